The van der Waals surface area contributed by atoms with Gasteiger partial charge in [-0.1, -0.05) is 12.1 Å². The Labute approximate surface area is 115 Å². The molecule has 2 aromatic rings. The maximum Gasteiger partial charge on any atom is 0.240 e. The normalized spacial score (nSPS) is 11.2. The van der Waals surface area contributed by atoms with Gasteiger partial charge in [0.1, 0.15) is 17.6 Å². The number of rotatable bonds is 5. The first-order chi connectivity index (χ1) is 9.47. The van der Waals surface area contributed by atoms with E-state index in [0.29, 0.717) is 6.54 Å². The van der Waals surface area contributed by atoms with Crippen LogP contribution in [0.25, 0.3) is 0 Å². The van der Waals surface area contributed by atoms with Crippen LogP contribution in [0.2, 0.25) is 0 Å². The Morgan fingerprint density at radius 3 is 2.75 bits per heavy atom. The first-order valence-electron chi connectivity index (χ1n) is 5.71. The summed E-state index contributed by atoms with van der Waals surface area (Å²) in [7, 11) is -3.88. The van der Waals surface area contributed by atoms with E-state index in [1.165, 1.54) is 35.5 Å². The van der Waals surface area contributed by atoms with Gasteiger partial charge in [0.2, 0.25) is 15.9 Å². The van der Waals surface area contributed by atoms with E-state index in [-0.39, 0.29) is 22.9 Å². The third-order valence-corrected chi connectivity index (χ3v) is 3.47. The zero-order valence-electron chi connectivity index (χ0n) is 10.4. The van der Waals surface area contributed by atoms with Crippen molar-refractivity contribution in [1.82, 2.24) is 14.8 Å². The number of primary sulfonamides is 1. The standard InChI is InChI=1S/C11H13N5O3S/c12-20(18,19)10-4-2-1-3-9(10)15-11(17)5-6-16-8-13-7-14-16/h1-4,7-8H,5-6H2,(H,15,17)(H2,12,18,19). The average Bonchev–Trinajstić information content (AvgIpc) is 2.89. The van der Waals surface area contributed by atoms with Crippen LogP contribution in [0.5, 0.6) is 0 Å². The molecule has 8 nitrogen and oxygen atoms in total. The highest BCUT2D eigenvalue weighted by Gasteiger charge is 2.14. The topological polar surface area (TPSA) is 120 Å². The van der Waals surface area contributed by atoms with Crippen molar-refractivity contribution in [1.29, 1.82) is 0 Å². The number of aromatic nitrogens is 3. The Balaban J connectivity index is 2.05. The van der Waals surface area contributed by atoms with Crippen molar-refractivity contribution < 1.29 is 13.2 Å². The van der Waals surface area contributed by atoms with E-state index in [2.05, 4.69) is 15.4 Å². The fourth-order valence-electron chi connectivity index (χ4n) is 1.60. The highest BCUT2D eigenvalue weighted by atomic mass is 32.2. The van der Waals surface area contributed by atoms with E-state index in [4.69, 9.17) is 5.14 Å². The largest absolute Gasteiger partial charge is 0.325 e. The number of aryl methyl sites for hydroxylation is 1. The molecule has 0 atom stereocenters. The van der Waals surface area contributed by atoms with E-state index >= 15 is 0 Å². The van der Waals surface area contributed by atoms with E-state index in [1.54, 1.807) is 6.07 Å². The third-order valence-electron chi connectivity index (χ3n) is 2.50. The van der Waals surface area contributed by atoms with Gasteiger partial charge in [-0.3, -0.25) is 9.48 Å². The predicted octanol–water partition coefficient (Wildman–Crippen LogP) is -0.0457. The molecular formula is C11H13N5O3S. The highest BCUT2D eigenvalue weighted by Crippen LogP contribution is 2.19. The molecule has 20 heavy (non-hydrogen) atoms. The van der Waals surface area contributed by atoms with Crippen LogP contribution in [0.1, 0.15) is 6.42 Å². The summed E-state index contributed by atoms with van der Waals surface area (Å²) in [5, 5.41) is 11.5. The molecule has 0 aliphatic carbocycles. The lowest BCUT2D eigenvalue weighted by molar-refractivity contribution is -0.116. The zero-order valence-corrected chi connectivity index (χ0v) is 11.2. The molecule has 0 saturated heterocycles. The molecule has 0 unspecified atom stereocenters. The van der Waals surface area contributed by atoms with Crippen LogP contribution in [-0.4, -0.2) is 29.1 Å². The van der Waals surface area contributed by atoms with Crippen LogP contribution in [0.4, 0.5) is 5.69 Å². The van der Waals surface area contributed by atoms with Gasteiger partial charge in [0, 0.05) is 6.42 Å². The number of nitrogens with two attached hydrogens (primary N) is 1. The molecule has 1 aromatic heterocycles. The molecule has 0 aliphatic rings. The Morgan fingerprint density at radius 2 is 2.10 bits per heavy atom. The SMILES string of the molecule is NS(=O)(=O)c1ccccc1NC(=O)CCn1cncn1. The monoisotopic (exact) mass is 295 g/mol. The second-order valence-corrected chi connectivity index (χ2v) is 5.53. The van der Waals surface area contributed by atoms with Gasteiger partial charge in [-0.2, -0.15) is 5.10 Å². The van der Waals surface area contributed by atoms with Gasteiger partial charge in [-0.05, 0) is 12.1 Å². The smallest absolute Gasteiger partial charge is 0.240 e. The lowest BCUT2D eigenvalue weighted by Gasteiger charge is -2.09. The molecule has 2 rings (SSSR count). The van der Waals surface area contributed by atoms with Gasteiger partial charge in [-0.15, -0.1) is 0 Å². The number of nitrogens with zero attached hydrogens (tertiary/aromatic N) is 3. The van der Waals surface area contributed by atoms with E-state index in [1.807, 2.05) is 0 Å². The Bertz CT molecular complexity index is 697. The minimum absolute atomic E-state index is 0.117. The van der Waals surface area contributed by atoms with Crippen LogP contribution < -0.4 is 10.5 Å². The average molecular weight is 295 g/mol. The van der Waals surface area contributed by atoms with E-state index in [9.17, 15) is 13.2 Å². The van der Waals surface area contributed by atoms with Gasteiger partial charge < -0.3 is 5.32 Å². The predicted molar refractivity (Wildman–Crippen MR) is 71.1 cm³/mol. The van der Waals surface area contributed by atoms with Crippen molar-refractivity contribution in [3.05, 3.63) is 36.9 Å². The van der Waals surface area contributed by atoms with Crippen LogP contribution in [0.3, 0.4) is 0 Å². The van der Waals surface area contributed by atoms with Crippen molar-refractivity contribution in [2.45, 2.75) is 17.9 Å². The highest BCUT2D eigenvalue weighted by molar-refractivity contribution is 7.89. The molecule has 0 aliphatic heterocycles. The second kappa shape index (κ2) is 5.80. The van der Waals surface area contributed by atoms with Crippen molar-refractivity contribution in [2.24, 2.45) is 5.14 Å². The van der Waals surface area contributed by atoms with Gasteiger partial charge >= 0.3 is 0 Å². The fourth-order valence-corrected chi connectivity index (χ4v) is 2.29. The van der Waals surface area contributed by atoms with Crippen molar-refractivity contribution in [2.75, 3.05) is 5.32 Å². The van der Waals surface area contributed by atoms with Crippen molar-refractivity contribution in [3.63, 3.8) is 0 Å². The van der Waals surface area contributed by atoms with Crippen molar-refractivity contribution >= 4 is 21.6 Å². The molecular weight excluding hydrogens is 282 g/mol. The maximum atomic E-state index is 11.8. The molecule has 0 bridgehead atoms. The number of nitrogens with one attached hydrogen (secondary N) is 1. The second-order valence-electron chi connectivity index (χ2n) is 4.00. The van der Waals surface area contributed by atoms with E-state index < -0.39 is 10.0 Å². The molecule has 0 radical (unpaired) electrons. The molecule has 1 aromatic carbocycles. The number of anilines is 1. The number of hydrogen-bond donors (Lipinski definition) is 2. The molecule has 0 saturated carbocycles. The lowest BCUT2D eigenvalue weighted by Crippen LogP contribution is -2.19. The maximum absolute atomic E-state index is 11.8. The summed E-state index contributed by atoms with van der Waals surface area (Å²) in [6.45, 7) is 0.351. The van der Waals surface area contributed by atoms with Gasteiger partial charge in [-0.25, -0.2) is 18.5 Å². The summed E-state index contributed by atoms with van der Waals surface area (Å²) in [5.74, 6) is -0.336. The lowest BCUT2D eigenvalue weighted by atomic mass is 10.3. The Morgan fingerprint density at radius 1 is 1.35 bits per heavy atom. The summed E-state index contributed by atoms with van der Waals surface area (Å²) in [6, 6.07) is 5.96. The summed E-state index contributed by atoms with van der Waals surface area (Å²) in [6.07, 6.45) is 3.00. The number of carbonyl (C=O) groups excluding carboxylic acids is 1. The molecule has 1 amide bonds. The van der Waals surface area contributed by atoms with Crippen LogP contribution in [-0.2, 0) is 21.4 Å². The quantitative estimate of drug-likeness (QED) is 0.801. The number of para-hydroxylation sites is 1. The molecule has 9 heteroatoms. The van der Waals surface area contributed by atoms with Crippen LogP contribution in [0.15, 0.2) is 41.8 Å². The summed E-state index contributed by atoms with van der Waals surface area (Å²) in [4.78, 5) is 15.4. The number of benzene rings is 1. The minimum Gasteiger partial charge on any atom is -0.325 e. The first kappa shape index (κ1) is 14.2. The first-order valence-corrected chi connectivity index (χ1v) is 7.25. The molecule has 1 heterocycles. The van der Waals surface area contributed by atoms with Gasteiger partial charge in [0.25, 0.3) is 0 Å². The third kappa shape index (κ3) is 3.62. The molecule has 106 valence electrons. The van der Waals surface area contributed by atoms with Crippen molar-refractivity contribution in [3.8, 4) is 0 Å². The molecule has 3 N–H and O–H groups in total. The molecule has 0 fully saturated rings. The number of hydrogen-bond acceptors (Lipinski definition) is 5. The molecule has 0 spiro atoms. The van der Waals surface area contributed by atoms with Crippen LogP contribution >= 0.6 is 0 Å². The Hall–Kier alpha value is -2.26. The fraction of sp³-hybridized carbons (Fsp3) is 0.182. The minimum atomic E-state index is -3.88. The summed E-state index contributed by atoms with van der Waals surface area (Å²) >= 11 is 0. The van der Waals surface area contributed by atoms with Gasteiger partial charge in [0.15, 0.2) is 0 Å². The number of amides is 1. The summed E-state index contributed by atoms with van der Waals surface area (Å²) in [5.41, 5.74) is 0.165. The number of sulfonamides is 1. The zero-order chi connectivity index (χ0) is 14.6. The number of carbonyl (C=O) groups is 1. The Kier molecular flexibility index (Phi) is 4.11. The van der Waals surface area contributed by atoms with Gasteiger partial charge in [0.05, 0.1) is 12.2 Å². The van der Waals surface area contributed by atoms with E-state index in [0.717, 1.165) is 0 Å². The summed E-state index contributed by atoms with van der Waals surface area (Å²) < 4.78 is 24.3. The van der Waals surface area contributed by atoms with Crippen LogP contribution in [0, 0.1) is 0 Å².